The zero-order valence-corrected chi connectivity index (χ0v) is 17.3. The highest BCUT2D eigenvalue weighted by molar-refractivity contribution is 5.68. The third kappa shape index (κ3) is 4.32. The Morgan fingerprint density at radius 2 is 1.78 bits per heavy atom. The first-order valence-corrected chi connectivity index (χ1v) is 10.2. The zero-order chi connectivity index (χ0) is 19.6. The van der Waals surface area contributed by atoms with Crippen LogP contribution in [0.5, 0.6) is 5.75 Å². The molecular formula is C21H35FN4O. The van der Waals surface area contributed by atoms with Gasteiger partial charge in [-0.25, -0.2) is 4.39 Å². The van der Waals surface area contributed by atoms with Gasteiger partial charge in [-0.2, -0.15) is 0 Å². The number of piperazine rings is 1. The largest absolute Gasteiger partial charge is 0.495 e. The molecule has 2 fully saturated rings. The topological polar surface area (TPSA) is 45.0 Å². The van der Waals surface area contributed by atoms with Gasteiger partial charge in [-0.1, -0.05) is 6.92 Å². The fourth-order valence-corrected chi connectivity index (χ4v) is 4.29. The van der Waals surface area contributed by atoms with Crippen LogP contribution in [0.25, 0.3) is 0 Å². The van der Waals surface area contributed by atoms with E-state index in [0.29, 0.717) is 29.5 Å². The Kier molecular flexibility index (Phi) is 6.16. The van der Waals surface area contributed by atoms with Crippen molar-refractivity contribution in [2.75, 3.05) is 64.1 Å². The number of likely N-dealkylation sites (N-methyl/N-ethyl adjacent to an activating group) is 1. The Hall–Kier alpha value is -1.53. The van der Waals surface area contributed by atoms with Gasteiger partial charge < -0.3 is 20.3 Å². The molecule has 152 valence electrons. The van der Waals surface area contributed by atoms with E-state index in [1.165, 1.54) is 0 Å². The Balaban J connectivity index is 1.77. The number of benzene rings is 1. The number of anilines is 2. The van der Waals surface area contributed by atoms with E-state index in [9.17, 15) is 0 Å². The molecule has 27 heavy (non-hydrogen) atoms. The summed E-state index contributed by atoms with van der Waals surface area (Å²) in [7, 11) is 3.81. The standard InChI is InChI=1S/C21H35FN4O/c1-5-21(2,22)17-14-18(23)20(27-4)15-19(17)26-8-6-16(7-9-26)25-12-10-24(3)11-13-25/h14-16H,5-13,23H2,1-4H3. The number of nitrogens with two attached hydrogens (primary N) is 1. The summed E-state index contributed by atoms with van der Waals surface area (Å²) in [6.07, 6.45) is 2.65. The molecule has 0 saturated carbocycles. The summed E-state index contributed by atoms with van der Waals surface area (Å²) in [6, 6.07) is 4.33. The van der Waals surface area contributed by atoms with Gasteiger partial charge in [0, 0.05) is 62.6 Å². The third-order valence-electron chi connectivity index (χ3n) is 6.43. The fraction of sp³-hybridized carbons (Fsp3) is 0.714. The Labute approximate surface area is 163 Å². The van der Waals surface area contributed by atoms with Crippen LogP contribution in [0.2, 0.25) is 0 Å². The van der Waals surface area contributed by atoms with Gasteiger partial charge in [0.25, 0.3) is 0 Å². The molecule has 2 aliphatic rings. The molecule has 0 aromatic heterocycles. The van der Waals surface area contributed by atoms with Crippen molar-refractivity contribution >= 4 is 11.4 Å². The summed E-state index contributed by atoms with van der Waals surface area (Å²) in [6.45, 7) is 10.0. The first kappa shape index (κ1) is 20.2. The number of nitrogen functional groups attached to an aromatic ring is 1. The van der Waals surface area contributed by atoms with Crippen LogP contribution in [0.4, 0.5) is 15.8 Å². The molecule has 1 atom stereocenters. The van der Waals surface area contributed by atoms with Crippen molar-refractivity contribution in [2.45, 2.75) is 44.8 Å². The monoisotopic (exact) mass is 378 g/mol. The predicted molar refractivity (Wildman–Crippen MR) is 110 cm³/mol. The molecule has 6 heteroatoms. The Bertz CT molecular complexity index is 635. The van der Waals surface area contributed by atoms with Gasteiger partial charge >= 0.3 is 0 Å². The van der Waals surface area contributed by atoms with Crippen molar-refractivity contribution in [1.29, 1.82) is 0 Å². The third-order valence-corrected chi connectivity index (χ3v) is 6.43. The second-order valence-corrected chi connectivity index (χ2v) is 8.22. The van der Waals surface area contributed by atoms with Crippen molar-refractivity contribution in [3.05, 3.63) is 17.7 Å². The molecule has 2 aliphatic heterocycles. The molecule has 0 bridgehead atoms. The first-order chi connectivity index (χ1) is 12.9. The van der Waals surface area contributed by atoms with Crippen LogP contribution < -0.4 is 15.4 Å². The zero-order valence-electron chi connectivity index (χ0n) is 17.3. The van der Waals surface area contributed by atoms with Gasteiger partial charge in [0.2, 0.25) is 0 Å². The summed E-state index contributed by atoms with van der Waals surface area (Å²) >= 11 is 0. The maximum absolute atomic E-state index is 15.3. The van der Waals surface area contributed by atoms with Crippen LogP contribution >= 0.6 is 0 Å². The predicted octanol–water partition coefficient (Wildman–Crippen LogP) is 3.09. The molecule has 2 saturated heterocycles. The van der Waals surface area contributed by atoms with Gasteiger partial charge in [0.05, 0.1) is 12.8 Å². The minimum atomic E-state index is -1.40. The molecule has 1 aromatic carbocycles. The van der Waals surface area contributed by atoms with E-state index in [4.69, 9.17) is 10.5 Å². The summed E-state index contributed by atoms with van der Waals surface area (Å²) in [5.74, 6) is 0.627. The van der Waals surface area contributed by atoms with Gasteiger partial charge in [0.15, 0.2) is 0 Å². The molecule has 3 rings (SSSR count). The number of ether oxygens (including phenoxy) is 1. The number of methoxy groups -OCH3 is 1. The molecule has 0 aliphatic carbocycles. The van der Waals surface area contributed by atoms with Crippen LogP contribution in [0.3, 0.4) is 0 Å². The maximum Gasteiger partial charge on any atom is 0.143 e. The number of alkyl halides is 1. The normalized spacial score (nSPS) is 22.6. The quantitative estimate of drug-likeness (QED) is 0.798. The van der Waals surface area contributed by atoms with Gasteiger partial charge in [-0.05, 0) is 39.3 Å². The Morgan fingerprint density at radius 1 is 1.15 bits per heavy atom. The van der Waals surface area contributed by atoms with Crippen molar-refractivity contribution in [1.82, 2.24) is 9.80 Å². The number of piperidine rings is 1. The number of hydrogen-bond acceptors (Lipinski definition) is 5. The van der Waals surface area contributed by atoms with E-state index in [-0.39, 0.29) is 0 Å². The van der Waals surface area contributed by atoms with Gasteiger partial charge in [-0.3, -0.25) is 4.90 Å². The minimum absolute atomic E-state index is 0.420. The molecule has 0 spiro atoms. The van der Waals surface area contributed by atoms with E-state index in [1.54, 1.807) is 20.1 Å². The lowest BCUT2D eigenvalue weighted by molar-refractivity contribution is 0.0980. The van der Waals surface area contributed by atoms with Crippen LogP contribution in [-0.2, 0) is 5.67 Å². The highest BCUT2D eigenvalue weighted by Crippen LogP contribution is 2.42. The molecule has 1 aromatic rings. The highest BCUT2D eigenvalue weighted by Gasteiger charge is 2.32. The summed E-state index contributed by atoms with van der Waals surface area (Å²) in [5.41, 5.74) is 6.81. The van der Waals surface area contributed by atoms with Crippen molar-refractivity contribution in [3.63, 3.8) is 0 Å². The maximum atomic E-state index is 15.3. The highest BCUT2D eigenvalue weighted by atomic mass is 19.1. The molecule has 2 N–H and O–H groups in total. The summed E-state index contributed by atoms with van der Waals surface area (Å²) < 4.78 is 20.7. The first-order valence-electron chi connectivity index (χ1n) is 10.2. The van der Waals surface area contributed by atoms with Crippen LogP contribution in [-0.4, -0.2) is 69.3 Å². The van der Waals surface area contributed by atoms with E-state index in [2.05, 4.69) is 21.7 Å². The van der Waals surface area contributed by atoms with Crippen LogP contribution in [0, 0.1) is 0 Å². The molecule has 2 heterocycles. The SMILES string of the molecule is CCC(C)(F)c1cc(N)c(OC)cc1N1CCC(N2CCN(C)CC2)CC1. The second-order valence-electron chi connectivity index (χ2n) is 8.22. The van der Waals surface area contributed by atoms with Crippen LogP contribution in [0.15, 0.2) is 12.1 Å². The van der Waals surface area contributed by atoms with E-state index >= 15 is 4.39 Å². The average Bonchev–Trinajstić information content (AvgIpc) is 2.68. The van der Waals surface area contributed by atoms with Crippen LogP contribution in [0.1, 0.15) is 38.7 Å². The van der Waals surface area contributed by atoms with E-state index in [0.717, 1.165) is 57.8 Å². The van der Waals surface area contributed by atoms with E-state index in [1.807, 2.05) is 13.0 Å². The number of nitrogens with zero attached hydrogens (tertiary/aromatic N) is 3. The molecule has 1 unspecified atom stereocenters. The lowest BCUT2D eigenvalue weighted by Gasteiger charge is -2.43. The van der Waals surface area contributed by atoms with Crippen molar-refractivity contribution < 1.29 is 9.13 Å². The van der Waals surface area contributed by atoms with Crippen molar-refractivity contribution in [3.8, 4) is 5.75 Å². The lowest BCUT2D eigenvalue weighted by Crippen LogP contribution is -2.52. The molecular weight excluding hydrogens is 343 g/mol. The van der Waals surface area contributed by atoms with Crippen molar-refractivity contribution in [2.24, 2.45) is 0 Å². The van der Waals surface area contributed by atoms with Gasteiger partial charge in [0.1, 0.15) is 11.4 Å². The fourth-order valence-electron chi connectivity index (χ4n) is 4.29. The van der Waals surface area contributed by atoms with Gasteiger partial charge in [-0.15, -0.1) is 0 Å². The summed E-state index contributed by atoms with van der Waals surface area (Å²) in [4.78, 5) is 7.34. The lowest BCUT2D eigenvalue weighted by atomic mass is 9.91. The smallest absolute Gasteiger partial charge is 0.143 e. The molecule has 0 amide bonds. The summed E-state index contributed by atoms with van der Waals surface area (Å²) in [5, 5.41) is 0. The minimum Gasteiger partial charge on any atom is -0.495 e. The molecule has 0 radical (unpaired) electrons. The second kappa shape index (κ2) is 8.23. The molecule has 5 nitrogen and oxygen atoms in total. The average molecular weight is 379 g/mol. The number of halogens is 1. The van der Waals surface area contributed by atoms with E-state index < -0.39 is 5.67 Å². The Morgan fingerprint density at radius 3 is 2.33 bits per heavy atom. The number of hydrogen-bond donors (Lipinski definition) is 1. The number of rotatable bonds is 5.